The highest BCUT2D eigenvalue weighted by atomic mass is 16.5. The van der Waals surface area contributed by atoms with Crippen molar-refractivity contribution >= 4 is 0 Å². The third-order valence-electron chi connectivity index (χ3n) is 5.74. The van der Waals surface area contributed by atoms with Gasteiger partial charge in [-0.15, -0.1) is 0 Å². The zero-order valence-electron chi connectivity index (χ0n) is 18.1. The highest BCUT2D eigenvalue weighted by Gasteiger charge is 2.41. The minimum absolute atomic E-state index is 0.0473. The third kappa shape index (κ3) is 3.58. The summed E-state index contributed by atoms with van der Waals surface area (Å²) in [5.74, 6) is 1.50. The fourth-order valence-corrected chi connectivity index (χ4v) is 4.09. The van der Waals surface area contributed by atoms with Gasteiger partial charge in [-0.2, -0.15) is 0 Å². The second kappa shape index (κ2) is 8.35. The number of ether oxygens (including phenoxy) is 2. The average Bonchev–Trinajstić information content (AvgIpc) is 2.65. The molecule has 0 spiro atoms. The van der Waals surface area contributed by atoms with E-state index in [-0.39, 0.29) is 5.92 Å². The van der Waals surface area contributed by atoms with Crippen molar-refractivity contribution < 1.29 is 14.6 Å². The van der Waals surface area contributed by atoms with Crippen molar-refractivity contribution in [2.24, 2.45) is 5.92 Å². The third-order valence-corrected chi connectivity index (χ3v) is 5.74. The van der Waals surface area contributed by atoms with Crippen LogP contribution in [-0.4, -0.2) is 19.3 Å². The van der Waals surface area contributed by atoms with Gasteiger partial charge in [-0.3, -0.25) is 0 Å². The molecular formula is C24H34O3. The van der Waals surface area contributed by atoms with E-state index in [2.05, 4.69) is 19.1 Å². The highest BCUT2D eigenvalue weighted by Crippen LogP contribution is 2.48. The van der Waals surface area contributed by atoms with Gasteiger partial charge >= 0.3 is 0 Å². The van der Waals surface area contributed by atoms with Crippen molar-refractivity contribution in [3.63, 3.8) is 0 Å². The lowest BCUT2D eigenvalue weighted by Gasteiger charge is -2.37. The number of aliphatic hydroxyl groups is 1. The first-order valence-corrected chi connectivity index (χ1v) is 9.77. The van der Waals surface area contributed by atoms with E-state index >= 15 is 0 Å². The summed E-state index contributed by atoms with van der Waals surface area (Å²) in [5, 5.41) is 12.0. The summed E-state index contributed by atoms with van der Waals surface area (Å²) in [6.45, 7) is 12.3. The van der Waals surface area contributed by atoms with Crippen LogP contribution in [0.5, 0.6) is 11.5 Å². The lowest BCUT2D eigenvalue weighted by Crippen LogP contribution is -2.35. The monoisotopic (exact) mass is 370 g/mol. The summed E-state index contributed by atoms with van der Waals surface area (Å²) in [6.07, 6.45) is 2.15. The molecule has 2 aromatic rings. The number of rotatable bonds is 7. The Labute approximate surface area is 164 Å². The van der Waals surface area contributed by atoms with Crippen molar-refractivity contribution in [3.8, 4) is 11.5 Å². The first kappa shape index (κ1) is 21.3. The van der Waals surface area contributed by atoms with Crippen LogP contribution < -0.4 is 9.47 Å². The molecule has 2 rings (SSSR count). The van der Waals surface area contributed by atoms with Gasteiger partial charge in [-0.1, -0.05) is 51.5 Å². The van der Waals surface area contributed by atoms with Gasteiger partial charge in [0.2, 0.25) is 0 Å². The van der Waals surface area contributed by atoms with Crippen molar-refractivity contribution in [2.45, 2.75) is 60.0 Å². The molecule has 0 bridgehead atoms. The van der Waals surface area contributed by atoms with Crippen LogP contribution in [-0.2, 0) is 12.0 Å². The zero-order chi connectivity index (χ0) is 20.4. The molecule has 0 saturated carbocycles. The lowest BCUT2D eigenvalue weighted by atomic mass is 9.74. The second-order valence-corrected chi connectivity index (χ2v) is 7.68. The van der Waals surface area contributed by atoms with Crippen molar-refractivity contribution in [1.29, 1.82) is 0 Å². The molecule has 0 heterocycles. The maximum absolute atomic E-state index is 12.0. The Morgan fingerprint density at radius 3 is 1.85 bits per heavy atom. The van der Waals surface area contributed by atoms with Gasteiger partial charge in [0.25, 0.3) is 0 Å². The van der Waals surface area contributed by atoms with E-state index in [0.29, 0.717) is 0 Å². The van der Waals surface area contributed by atoms with E-state index in [9.17, 15) is 5.11 Å². The molecule has 3 nitrogen and oxygen atoms in total. The SMILES string of the molecule is CCCc1ccc(C(O)(c2c(C)c(OC)c(C)c(C)c2OC)C(C)C)cc1. The molecular weight excluding hydrogens is 336 g/mol. The molecule has 1 atom stereocenters. The molecule has 2 aromatic carbocycles. The summed E-state index contributed by atoms with van der Waals surface area (Å²) < 4.78 is 11.5. The quantitative estimate of drug-likeness (QED) is 0.702. The van der Waals surface area contributed by atoms with Gasteiger partial charge in [-0.05, 0) is 55.4 Å². The Balaban J connectivity index is 2.81. The predicted molar refractivity (Wildman–Crippen MR) is 112 cm³/mol. The van der Waals surface area contributed by atoms with Gasteiger partial charge in [0, 0.05) is 11.1 Å². The number of hydrogen-bond acceptors (Lipinski definition) is 3. The maximum Gasteiger partial charge on any atom is 0.129 e. The minimum Gasteiger partial charge on any atom is -0.496 e. The van der Waals surface area contributed by atoms with Gasteiger partial charge in [-0.25, -0.2) is 0 Å². The van der Waals surface area contributed by atoms with Crippen LogP contribution in [0.15, 0.2) is 24.3 Å². The standard InChI is InChI=1S/C24H34O3/c1-9-10-19-11-13-20(14-12-19)24(25,15(2)3)21-18(6)22(26-7)16(4)17(5)23(21)27-8/h11-15,25H,9-10H2,1-8H3. The minimum atomic E-state index is -1.17. The van der Waals surface area contributed by atoms with Crippen molar-refractivity contribution in [3.05, 3.63) is 57.6 Å². The van der Waals surface area contributed by atoms with Crippen LogP contribution in [0.1, 0.15) is 60.6 Å². The molecule has 0 aliphatic rings. The van der Waals surface area contributed by atoms with Crippen LogP contribution in [0.4, 0.5) is 0 Å². The number of hydrogen-bond donors (Lipinski definition) is 1. The fraction of sp³-hybridized carbons (Fsp3) is 0.500. The first-order valence-electron chi connectivity index (χ1n) is 9.77. The molecule has 0 aliphatic heterocycles. The molecule has 0 amide bonds. The largest absolute Gasteiger partial charge is 0.496 e. The summed E-state index contributed by atoms with van der Waals surface area (Å²) in [6, 6.07) is 8.33. The number of methoxy groups -OCH3 is 2. The van der Waals surface area contributed by atoms with Gasteiger partial charge in [0.1, 0.15) is 17.1 Å². The normalized spacial score (nSPS) is 13.6. The topological polar surface area (TPSA) is 38.7 Å². The summed E-state index contributed by atoms with van der Waals surface area (Å²) in [4.78, 5) is 0. The van der Waals surface area contributed by atoms with Gasteiger partial charge in [0.05, 0.1) is 14.2 Å². The van der Waals surface area contributed by atoms with E-state index in [1.807, 2.05) is 46.8 Å². The molecule has 148 valence electrons. The lowest BCUT2D eigenvalue weighted by molar-refractivity contribution is 0.0285. The van der Waals surface area contributed by atoms with Crippen LogP contribution in [0, 0.1) is 26.7 Å². The molecule has 27 heavy (non-hydrogen) atoms. The Hall–Kier alpha value is -2.00. The van der Waals surface area contributed by atoms with Crippen LogP contribution in [0.3, 0.4) is 0 Å². The Bertz CT molecular complexity index is 791. The van der Waals surface area contributed by atoms with Crippen LogP contribution in [0.2, 0.25) is 0 Å². The first-order chi connectivity index (χ1) is 12.7. The fourth-order valence-electron chi connectivity index (χ4n) is 4.09. The Morgan fingerprint density at radius 1 is 0.889 bits per heavy atom. The molecule has 0 aliphatic carbocycles. The van der Waals surface area contributed by atoms with E-state index in [0.717, 1.165) is 52.2 Å². The molecule has 0 saturated heterocycles. The number of benzene rings is 2. The van der Waals surface area contributed by atoms with E-state index < -0.39 is 5.60 Å². The molecule has 0 radical (unpaired) electrons. The van der Waals surface area contributed by atoms with Gasteiger partial charge < -0.3 is 14.6 Å². The van der Waals surface area contributed by atoms with Gasteiger partial charge in [0.15, 0.2) is 0 Å². The molecule has 0 fully saturated rings. The maximum atomic E-state index is 12.0. The smallest absolute Gasteiger partial charge is 0.129 e. The Morgan fingerprint density at radius 2 is 1.41 bits per heavy atom. The summed E-state index contributed by atoms with van der Waals surface area (Å²) in [7, 11) is 3.35. The number of aryl methyl sites for hydroxylation is 1. The molecule has 0 aromatic heterocycles. The highest BCUT2D eigenvalue weighted by molar-refractivity contribution is 5.62. The zero-order valence-corrected chi connectivity index (χ0v) is 18.1. The van der Waals surface area contributed by atoms with Crippen molar-refractivity contribution in [1.82, 2.24) is 0 Å². The summed E-state index contributed by atoms with van der Waals surface area (Å²) >= 11 is 0. The second-order valence-electron chi connectivity index (χ2n) is 7.68. The molecule has 3 heteroatoms. The van der Waals surface area contributed by atoms with Crippen molar-refractivity contribution in [2.75, 3.05) is 14.2 Å². The van der Waals surface area contributed by atoms with E-state index in [1.165, 1.54) is 5.56 Å². The molecule has 1 unspecified atom stereocenters. The van der Waals surface area contributed by atoms with Crippen LogP contribution in [0.25, 0.3) is 0 Å². The van der Waals surface area contributed by atoms with E-state index in [4.69, 9.17) is 9.47 Å². The van der Waals surface area contributed by atoms with Crippen LogP contribution >= 0.6 is 0 Å². The average molecular weight is 371 g/mol. The summed E-state index contributed by atoms with van der Waals surface area (Å²) in [5.41, 5.74) is 4.75. The van der Waals surface area contributed by atoms with E-state index in [1.54, 1.807) is 14.2 Å². The predicted octanol–water partition coefficient (Wildman–Crippen LogP) is 5.47. The molecule has 1 N–H and O–H groups in total. The Kier molecular flexibility index (Phi) is 6.59.